The molecule has 0 aromatic carbocycles. The molecule has 0 aliphatic carbocycles. The molecule has 0 heterocycles. The number of rotatable bonds is 2. The summed E-state index contributed by atoms with van der Waals surface area (Å²) in [6, 6.07) is 0. The molecule has 5 nitrogen and oxygen atoms in total. The zero-order valence-corrected chi connectivity index (χ0v) is 5.96. The highest BCUT2D eigenvalue weighted by atomic mass is 16.5. The van der Waals surface area contributed by atoms with E-state index in [0.717, 1.165) is 0 Å². The fraction of sp³-hybridized carbons (Fsp3) is 0.600. The molecule has 0 radical (unpaired) electrons. The normalized spacial score (nSPS) is 6.60. The molecule has 0 aromatic rings. The van der Waals surface area contributed by atoms with Gasteiger partial charge in [0.25, 0.3) is 0 Å². The number of nitrogens with zero attached hydrogens (tertiary/aromatic N) is 1. The Morgan fingerprint density at radius 3 is 2.30 bits per heavy atom. The fourth-order valence-corrected chi connectivity index (χ4v) is 0.184. The SMILES string of the molecule is CCOC(=O)C=N.CN=O. The first-order chi connectivity index (χ1) is 4.72. The predicted molar refractivity (Wildman–Crippen MR) is 37.1 cm³/mol. The van der Waals surface area contributed by atoms with Crippen LogP contribution in [-0.4, -0.2) is 25.8 Å². The summed E-state index contributed by atoms with van der Waals surface area (Å²) in [5, 5.41) is 8.56. The summed E-state index contributed by atoms with van der Waals surface area (Å²) < 4.78 is 4.31. The lowest BCUT2D eigenvalue weighted by Gasteiger charge is -1.89. The number of carbonyl (C=O) groups is 1. The molecule has 0 fully saturated rings. The summed E-state index contributed by atoms with van der Waals surface area (Å²) in [6.45, 7) is 2.04. The second-order valence-electron chi connectivity index (χ2n) is 1.08. The molecule has 1 N–H and O–H groups in total. The molecule has 0 spiro atoms. The number of nitrogens with one attached hydrogen (secondary N) is 1. The van der Waals surface area contributed by atoms with E-state index in [1.807, 2.05) is 0 Å². The average molecular weight is 146 g/mol. The van der Waals surface area contributed by atoms with Crippen molar-refractivity contribution in [2.75, 3.05) is 13.7 Å². The molecule has 0 unspecified atom stereocenters. The number of nitroso groups, excluding NO2 is 1. The first-order valence-corrected chi connectivity index (χ1v) is 2.61. The largest absolute Gasteiger partial charge is 0.462 e. The molecule has 0 atom stereocenters. The van der Waals surface area contributed by atoms with Gasteiger partial charge in [0.2, 0.25) is 0 Å². The van der Waals surface area contributed by atoms with Crippen LogP contribution in [0.15, 0.2) is 5.18 Å². The summed E-state index contributed by atoms with van der Waals surface area (Å²) in [5.41, 5.74) is 0. The maximum absolute atomic E-state index is 9.95. The Hall–Kier alpha value is -1.26. The van der Waals surface area contributed by atoms with Gasteiger partial charge in [-0.25, -0.2) is 4.79 Å². The lowest BCUT2D eigenvalue weighted by Crippen LogP contribution is -2.02. The highest BCUT2D eigenvalue weighted by molar-refractivity contribution is 6.21. The number of carbonyl (C=O) groups excluding carboxylic acids is 1. The minimum Gasteiger partial charge on any atom is -0.462 e. The van der Waals surface area contributed by atoms with Crippen LogP contribution in [0, 0.1) is 10.3 Å². The third kappa shape index (κ3) is 15.9. The van der Waals surface area contributed by atoms with Crippen LogP contribution in [0.1, 0.15) is 6.92 Å². The lowest BCUT2D eigenvalue weighted by molar-refractivity contribution is -0.134. The van der Waals surface area contributed by atoms with Crippen molar-refractivity contribution < 1.29 is 9.53 Å². The van der Waals surface area contributed by atoms with Crippen LogP contribution in [-0.2, 0) is 9.53 Å². The van der Waals surface area contributed by atoms with Gasteiger partial charge in [0, 0.05) is 0 Å². The number of esters is 1. The summed E-state index contributed by atoms with van der Waals surface area (Å²) in [5.74, 6) is -0.581. The van der Waals surface area contributed by atoms with E-state index in [4.69, 9.17) is 10.3 Å². The van der Waals surface area contributed by atoms with Crippen molar-refractivity contribution in [3.63, 3.8) is 0 Å². The summed E-state index contributed by atoms with van der Waals surface area (Å²) in [7, 11) is 1.19. The monoisotopic (exact) mass is 146 g/mol. The van der Waals surface area contributed by atoms with Gasteiger partial charge in [-0.2, -0.15) is 4.91 Å². The highest BCUT2D eigenvalue weighted by Gasteiger charge is 1.88. The summed E-state index contributed by atoms with van der Waals surface area (Å²) in [4.78, 5) is 18.5. The number of hydrogen-bond acceptors (Lipinski definition) is 5. The minimum absolute atomic E-state index is 0.341. The zero-order chi connectivity index (χ0) is 8.41. The molecule has 0 amide bonds. The predicted octanol–water partition coefficient (Wildman–Crippen LogP) is 0.582. The van der Waals surface area contributed by atoms with Gasteiger partial charge in [-0.3, -0.25) is 0 Å². The van der Waals surface area contributed by atoms with Gasteiger partial charge < -0.3 is 10.1 Å². The molecule has 0 aromatic heterocycles. The van der Waals surface area contributed by atoms with Gasteiger partial charge in [-0.05, 0) is 6.92 Å². The Balaban J connectivity index is 0. The Bertz CT molecular complexity index is 113. The van der Waals surface area contributed by atoms with Crippen LogP contribution >= 0.6 is 0 Å². The molecule has 0 rings (SSSR count). The Labute approximate surface area is 58.9 Å². The standard InChI is InChI=1S/C4H7NO2.CH3NO/c1-2-7-4(6)3-5;1-2-3/h3,5H,2H2,1H3;1H3. The van der Waals surface area contributed by atoms with E-state index in [-0.39, 0.29) is 0 Å². The molecule has 0 bridgehead atoms. The second-order valence-corrected chi connectivity index (χ2v) is 1.08. The van der Waals surface area contributed by atoms with E-state index < -0.39 is 5.97 Å². The van der Waals surface area contributed by atoms with Gasteiger partial charge in [0.15, 0.2) is 0 Å². The topological polar surface area (TPSA) is 79.6 Å². The molecule has 0 aliphatic rings. The minimum atomic E-state index is -0.581. The second kappa shape index (κ2) is 10.7. The van der Waals surface area contributed by atoms with Crippen LogP contribution in [0.25, 0.3) is 0 Å². The smallest absolute Gasteiger partial charge is 0.348 e. The molecule has 0 aliphatic heterocycles. The van der Waals surface area contributed by atoms with Crippen LogP contribution in [0.5, 0.6) is 0 Å². The van der Waals surface area contributed by atoms with Crippen molar-refractivity contribution in [2.45, 2.75) is 6.92 Å². The van der Waals surface area contributed by atoms with Gasteiger partial charge in [0.1, 0.15) is 6.21 Å². The fourth-order valence-electron chi connectivity index (χ4n) is 0.184. The first-order valence-electron chi connectivity index (χ1n) is 2.61. The van der Waals surface area contributed by atoms with Crippen molar-refractivity contribution >= 4 is 12.2 Å². The number of ether oxygens (including phenoxy) is 1. The van der Waals surface area contributed by atoms with Gasteiger partial charge >= 0.3 is 5.97 Å². The molecule has 5 heteroatoms. The van der Waals surface area contributed by atoms with E-state index in [1.165, 1.54) is 7.05 Å². The quantitative estimate of drug-likeness (QED) is 0.351. The highest BCUT2D eigenvalue weighted by Crippen LogP contribution is 1.68. The van der Waals surface area contributed by atoms with E-state index in [0.29, 0.717) is 12.8 Å². The third-order valence-corrected chi connectivity index (χ3v) is 0.404. The van der Waals surface area contributed by atoms with Gasteiger partial charge in [0.05, 0.1) is 13.7 Å². The molecule has 58 valence electrons. The lowest BCUT2D eigenvalue weighted by atomic mass is 10.7. The maximum Gasteiger partial charge on any atom is 0.348 e. The summed E-state index contributed by atoms with van der Waals surface area (Å²) >= 11 is 0. The van der Waals surface area contributed by atoms with E-state index >= 15 is 0 Å². The number of hydrogen-bond donors (Lipinski definition) is 1. The van der Waals surface area contributed by atoms with Crippen molar-refractivity contribution in [1.82, 2.24) is 0 Å². The Morgan fingerprint density at radius 1 is 1.80 bits per heavy atom. The van der Waals surface area contributed by atoms with Gasteiger partial charge in [-0.1, -0.05) is 5.18 Å². The van der Waals surface area contributed by atoms with Crippen molar-refractivity contribution in [3.8, 4) is 0 Å². The Morgan fingerprint density at radius 2 is 2.20 bits per heavy atom. The van der Waals surface area contributed by atoms with Crippen LogP contribution in [0.4, 0.5) is 0 Å². The van der Waals surface area contributed by atoms with E-state index in [1.54, 1.807) is 6.92 Å². The van der Waals surface area contributed by atoms with Crippen molar-refractivity contribution in [3.05, 3.63) is 4.91 Å². The first kappa shape index (κ1) is 11.5. The van der Waals surface area contributed by atoms with Crippen LogP contribution in [0.3, 0.4) is 0 Å². The summed E-state index contributed by atoms with van der Waals surface area (Å²) in [6.07, 6.45) is 0.642. The molecule has 0 saturated heterocycles. The van der Waals surface area contributed by atoms with Crippen molar-refractivity contribution in [1.29, 1.82) is 5.41 Å². The van der Waals surface area contributed by atoms with Crippen LogP contribution < -0.4 is 0 Å². The maximum atomic E-state index is 9.95. The molecule has 10 heavy (non-hydrogen) atoms. The zero-order valence-electron chi connectivity index (χ0n) is 5.96. The molecular formula is C5H10N2O3. The van der Waals surface area contributed by atoms with Crippen molar-refractivity contribution in [2.24, 2.45) is 5.18 Å². The molecule has 0 saturated carbocycles. The van der Waals surface area contributed by atoms with E-state index in [9.17, 15) is 4.79 Å². The van der Waals surface area contributed by atoms with E-state index in [2.05, 4.69) is 9.91 Å². The van der Waals surface area contributed by atoms with Crippen LogP contribution in [0.2, 0.25) is 0 Å². The molecular weight excluding hydrogens is 136 g/mol. The van der Waals surface area contributed by atoms with Gasteiger partial charge in [-0.15, -0.1) is 0 Å². The Kier molecular flexibility index (Phi) is 12.3. The average Bonchev–Trinajstić information content (AvgIpc) is 1.90. The third-order valence-electron chi connectivity index (χ3n) is 0.404.